The summed E-state index contributed by atoms with van der Waals surface area (Å²) in [7, 11) is 2.02. The summed E-state index contributed by atoms with van der Waals surface area (Å²) in [6.45, 7) is 2.08. The van der Waals surface area contributed by atoms with Crippen molar-refractivity contribution in [2.24, 2.45) is 0 Å². The molecule has 0 aliphatic heterocycles. The lowest BCUT2D eigenvalue weighted by Gasteiger charge is -1.77. The van der Waals surface area contributed by atoms with E-state index in [1.807, 2.05) is 13.4 Å². The van der Waals surface area contributed by atoms with Crippen molar-refractivity contribution in [3.8, 4) is 0 Å². The molecule has 1 nitrogen and oxygen atoms in total. The van der Waals surface area contributed by atoms with E-state index < -0.39 is 0 Å². The normalized spacial score (nSPS) is 9.29. The predicted octanol–water partition coefficient (Wildman–Crippen LogP) is -0.290. The molecule has 0 amide bonds. The monoisotopic (exact) mass is 111 g/mol. The molecule has 1 heterocycles. The fraction of sp³-hybridized carbons (Fsp3) is 0.250. The Morgan fingerprint density at radius 1 is 1.86 bits per heavy atom. The Bertz CT molecular complexity index is 144. The Morgan fingerprint density at radius 3 is 2.71 bits per heavy atom. The SMILES string of the molecule is Bc1ncsc1C. The van der Waals surface area contributed by atoms with E-state index in [4.69, 9.17) is 0 Å². The summed E-state index contributed by atoms with van der Waals surface area (Å²) in [6, 6.07) is 0. The highest BCUT2D eigenvalue weighted by Gasteiger charge is 1.88. The third kappa shape index (κ3) is 0.827. The average Bonchev–Trinajstić information content (AvgIpc) is 1.91. The Hall–Kier alpha value is -0.305. The van der Waals surface area contributed by atoms with E-state index in [1.54, 1.807) is 11.3 Å². The molecule has 7 heavy (non-hydrogen) atoms. The van der Waals surface area contributed by atoms with Gasteiger partial charge >= 0.3 is 0 Å². The van der Waals surface area contributed by atoms with Gasteiger partial charge in [-0.3, -0.25) is 4.98 Å². The van der Waals surface area contributed by atoms with Crippen LogP contribution in [-0.4, -0.2) is 12.8 Å². The molecule has 0 fully saturated rings. The third-order valence-electron chi connectivity index (χ3n) is 0.985. The highest BCUT2D eigenvalue weighted by molar-refractivity contribution is 7.10. The number of aromatic nitrogens is 1. The molecule has 0 saturated heterocycles. The average molecular weight is 111 g/mol. The van der Waals surface area contributed by atoms with Crippen molar-refractivity contribution in [1.82, 2.24) is 4.98 Å². The van der Waals surface area contributed by atoms with Crippen molar-refractivity contribution in [2.45, 2.75) is 6.92 Å². The second kappa shape index (κ2) is 1.66. The van der Waals surface area contributed by atoms with Gasteiger partial charge in [-0.05, 0) is 6.92 Å². The summed E-state index contributed by atoms with van der Waals surface area (Å²) >= 11 is 1.69. The van der Waals surface area contributed by atoms with Crippen LogP contribution in [-0.2, 0) is 0 Å². The first-order valence-electron chi connectivity index (χ1n) is 2.17. The maximum Gasteiger partial charge on any atom is 0.165 e. The van der Waals surface area contributed by atoms with Crippen LogP contribution in [0.25, 0.3) is 0 Å². The molecule has 0 bridgehead atoms. The number of hydrogen-bond acceptors (Lipinski definition) is 2. The van der Waals surface area contributed by atoms with E-state index >= 15 is 0 Å². The molecular formula is C4H6BNS. The van der Waals surface area contributed by atoms with Crippen LogP contribution >= 0.6 is 11.3 Å². The van der Waals surface area contributed by atoms with E-state index in [9.17, 15) is 0 Å². The molecule has 0 unspecified atom stereocenters. The molecule has 0 saturated carbocycles. The van der Waals surface area contributed by atoms with E-state index in [-0.39, 0.29) is 0 Å². The fourth-order valence-corrected chi connectivity index (χ4v) is 0.953. The predicted molar refractivity (Wildman–Crippen MR) is 35.0 cm³/mol. The van der Waals surface area contributed by atoms with Gasteiger partial charge in [0.25, 0.3) is 0 Å². The lowest BCUT2D eigenvalue weighted by Crippen LogP contribution is -2.04. The quantitative estimate of drug-likeness (QED) is 0.419. The highest BCUT2D eigenvalue weighted by atomic mass is 32.1. The second-order valence-corrected chi connectivity index (χ2v) is 2.55. The summed E-state index contributed by atoms with van der Waals surface area (Å²) in [5.74, 6) is 0. The zero-order chi connectivity index (χ0) is 5.28. The molecule has 36 valence electrons. The molecule has 0 radical (unpaired) electrons. The smallest absolute Gasteiger partial charge is 0.165 e. The zero-order valence-corrected chi connectivity index (χ0v) is 5.25. The van der Waals surface area contributed by atoms with E-state index in [2.05, 4.69) is 11.9 Å². The van der Waals surface area contributed by atoms with Crippen LogP contribution < -0.4 is 5.59 Å². The van der Waals surface area contributed by atoms with Crippen LogP contribution in [0.4, 0.5) is 0 Å². The van der Waals surface area contributed by atoms with Gasteiger partial charge in [0, 0.05) is 10.5 Å². The standard InChI is InChI=1S/C4H6BNS/c1-3-4(5)6-2-7-3/h2H,5H2,1H3. The first-order valence-corrected chi connectivity index (χ1v) is 3.05. The van der Waals surface area contributed by atoms with Gasteiger partial charge in [-0.15, -0.1) is 11.3 Å². The Kier molecular flexibility index (Phi) is 1.15. The molecule has 1 aromatic rings. The summed E-state index contributed by atoms with van der Waals surface area (Å²) in [4.78, 5) is 5.35. The Balaban J connectivity index is 3.12. The summed E-state index contributed by atoms with van der Waals surface area (Å²) in [5.41, 5.74) is 3.02. The van der Waals surface area contributed by atoms with Gasteiger partial charge in [-0.2, -0.15) is 0 Å². The zero-order valence-electron chi connectivity index (χ0n) is 4.43. The lowest BCUT2D eigenvalue weighted by molar-refractivity contribution is 1.46. The van der Waals surface area contributed by atoms with Crippen LogP contribution in [0.1, 0.15) is 4.88 Å². The Labute approximate surface area is 47.8 Å². The number of aryl methyl sites for hydroxylation is 1. The van der Waals surface area contributed by atoms with Crippen LogP contribution in [0.15, 0.2) is 5.51 Å². The van der Waals surface area contributed by atoms with Gasteiger partial charge in [-0.1, -0.05) is 0 Å². The topological polar surface area (TPSA) is 12.9 Å². The van der Waals surface area contributed by atoms with Crippen LogP contribution in [0.2, 0.25) is 0 Å². The van der Waals surface area contributed by atoms with Crippen molar-refractivity contribution >= 4 is 24.8 Å². The van der Waals surface area contributed by atoms with Crippen molar-refractivity contribution in [3.05, 3.63) is 10.4 Å². The maximum atomic E-state index is 4.03. The molecule has 0 aliphatic carbocycles. The number of nitrogens with zero attached hydrogens (tertiary/aromatic N) is 1. The molecule has 0 aliphatic rings. The largest absolute Gasteiger partial charge is 0.260 e. The number of rotatable bonds is 0. The van der Waals surface area contributed by atoms with Crippen molar-refractivity contribution < 1.29 is 0 Å². The van der Waals surface area contributed by atoms with Gasteiger partial charge in [-0.25, -0.2) is 0 Å². The Morgan fingerprint density at radius 2 is 2.57 bits per heavy atom. The first-order chi connectivity index (χ1) is 3.30. The molecule has 0 aromatic carbocycles. The maximum absolute atomic E-state index is 4.03. The van der Waals surface area contributed by atoms with Gasteiger partial charge in [0.15, 0.2) is 7.85 Å². The molecule has 0 atom stereocenters. The van der Waals surface area contributed by atoms with Gasteiger partial charge in [0.1, 0.15) is 0 Å². The number of hydrogen-bond donors (Lipinski definition) is 0. The van der Waals surface area contributed by atoms with Crippen molar-refractivity contribution in [1.29, 1.82) is 0 Å². The summed E-state index contributed by atoms with van der Waals surface area (Å²) in [5, 5.41) is 0. The first kappa shape index (κ1) is 4.84. The second-order valence-electron chi connectivity index (χ2n) is 1.49. The minimum absolute atomic E-state index is 1.16. The minimum Gasteiger partial charge on any atom is -0.260 e. The van der Waals surface area contributed by atoms with Gasteiger partial charge in [0.2, 0.25) is 0 Å². The van der Waals surface area contributed by atoms with E-state index in [0.717, 1.165) is 5.59 Å². The number of thiazole rings is 1. The van der Waals surface area contributed by atoms with Crippen LogP contribution in [0, 0.1) is 6.92 Å². The molecule has 3 heteroatoms. The van der Waals surface area contributed by atoms with Crippen LogP contribution in [0.5, 0.6) is 0 Å². The fourth-order valence-electron chi connectivity index (χ4n) is 0.361. The molecular weight excluding hydrogens is 105 g/mol. The molecule has 0 N–H and O–H groups in total. The van der Waals surface area contributed by atoms with E-state index in [0.29, 0.717) is 0 Å². The van der Waals surface area contributed by atoms with Crippen LogP contribution in [0.3, 0.4) is 0 Å². The molecule has 1 rings (SSSR count). The molecule has 1 aromatic heterocycles. The molecule has 0 spiro atoms. The minimum atomic E-state index is 1.16. The summed E-state index contributed by atoms with van der Waals surface area (Å²) in [6.07, 6.45) is 0. The van der Waals surface area contributed by atoms with Gasteiger partial charge in [0.05, 0.1) is 5.51 Å². The van der Waals surface area contributed by atoms with Crippen molar-refractivity contribution in [2.75, 3.05) is 0 Å². The van der Waals surface area contributed by atoms with Crippen molar-refractivity contribution in [3.63, 3.8) is 0 Å². The highest BCUT2D eigenvalue weighted by Crippen LogP contribution is 1.96. The third-order valence-corrected chi connectivity index (χ3v) is 1.85. The van der Waals surface area contributed by atoms with E-state index in [1.165, 1.54) is 4.88 Å². The van der Waals surface area contributed by atoms with Gasteiger partial charge < -0.3 is 0 Å². The lowest BCUT2D eigenvalue weighted by atomic mass is 10.0. The summed E-state index contributed by atoms with van der Waals surface area (Å²) < 4.78 is 0.